The fourth-order valence-corrected chi connectivity index (χ4v) is 5.62. The van der Waals surface area contributed by atoms with Crippen molar-refractivity contribution in [3.05, 3.63) is 94.8 Å². The molecule has 0 saturated heterocycles. The van der Waals surface area contributed by atoms with E-state index in [9.17, 15) is 27.2 Å². The van der Waals surface area contributed by atoms with Gasteiger partial charge in [0.15, 0.2) is 5.13 Å². The van der Waals surface area contributed by atoms with E-state index in [1.165, 1.54) is 22.6 Å². The van der Waals surface area contributed by atoms with E-state index in [0.29, 0.717) is 23.4 Å². The molecular weight excluding hydrogens is 598 g/mol. The highest BCUT2D eigenvalue weighted by atomic mass is 32.1. The first-order valence-electron chi connectivity index (χ1n) is 13.4. The van der Waals surface area contributed by atoms with Crippen molar-refractivity contribution in [3.63, 3.8) is 0 Å². The molecule has 3 amide bonds. The number of hydrogen-bond acceptors (Lipinski definition) is 5. The van der Waals surface area contributed by atoms with Gasteiger partial charge in [0.1, 0.15) is 5.82 Å². The van der Waals surface area contributed by atoms with Crippen LogP contribution < -0.4 is 16.0 Å². The number of aliphatic imine (C=N–C) groups is 1. The lowest BCUT2D eigenvalue weighted by molar-refractivity contribution is -0.139. The maximum atomic E-state index is 14.1. The summed E-state index contributed by atoms with van der Waals surface area (Å²) in [4.78, 5) is 34.9. The summed E-state index contributed by atoms with van der Waals surface area (Å²) in [7, 11) is 0. The monoisotopic (exact) mass is 623 g/mol. The molecule has 3 aromatic carbocycles. The van der Waals surface area contributed by atoms with Gasteiger partial charge in [-0.15, -0.1) is 5.11 Å². The van der Waals surface area contributed by atoms with Crippen molar-refractivity contribution in [2.75, 3.05) is 10.2 Å². The minimum atomic E-state index is -4.88. The van der Waals surface area contributed by atoms with Crippen LogP contribution in [-0.2, 0) is 12.7 Å². The lowest BCUT2D eigenvalue weighted by Gasteiger charge is -2.23. The van der Waals surface area contributed by atoms with Crippen molar-refractivity contribution in [2.45, 2.75) is 38.4 Å². The second kappa shape index (κ2) is 12.7. The van der Waals surface area contributed by atoms with Gasteiger partial charge in [-0.1, -0.05) is 41.7 Å². The average Bonchev–Trinajstić information content (AvgIpc) is 3.40. The van der Waals surface area contributed by atoms with Gasteiger partial charge in [0.05, 0.1) is 22.3 Å². The fraction of sp³-hybridized carbons (Fsp3) is 0.200. The maximum Gasteiger partial charge on any atom is 0.419 e. The Bertz CT molecular complexity index is 1780. The summed E-state index contributed by atoms with van der Waals surface area (Å²) in [6.07, 6.45) is 1.56. The Hall–Kier alpha value is -4.98. The van der Waals surface area contributed by atoms with Gasteiger partial charge in [0, 0.05) is 17.3 Å². The summed E-state index contributed by atoms with van der Waals surface area (Å²) in [6, 6.07) is 14.4. The van der Waals surface area contributed by atoms with Gasteiger partial charge in [0.2, 0.25) is 5.96 Å². The number of nitrogens with zero attached hydrogens (tertiary/aromatic N) is 4. The number of aromatic nitrogens is 1. The van der Waals surface area contributed by atoms with Crippen LogP contribution in [0.5, 0.6) is 0 Å². The number of carbonyl (C=O) groups excluding carboxylic acids is 2. The number of fused-ring (bicyclic) bond motifs is 1. The molecule has 0 unspecified atom stereocenters. The molecule has 0 bridgehead atoms. The Morgan fingerprint density at radius 2 is 1.80 bits per heavy atom. The van der Waals surface area contributed by atoms with Crippen LogP contribution in [0.4, 0.5) is 33.2 Å². The van der Waals surface area contributed by atoms with E-state index in [4.69, 9.17) is 11.3 Å². The lowest BCUT2D eigenvalue weighted by atomic mass is 9.93. The number of nitrogens with one attached hydrogen (secondary N) is 2. The van der Waals surface area contributed by atoms with Gasteiger partial charge in [-0.3, -0.25) is 15.0 Å². The maximum absolute atomic E-state index is 14.1. The second-order valence-electron chi connectivity index (χ2n) is 9.94. The zero-order valence-electron chi connectivity index (χ0n) is 23.0. The molecule has 0 saturated carbocycles. The van der Waals surface area contributed by atoms with Crippen molar-refractivity contribution < 1.29 is 27.2 Å². The van der Waals surface area contributed by atoms with Crippen LogP contribution in [-0.4, -0.2) is 22.9 Å². The minimum absolute atomic E-state index is 0.00564. The fourth-order valence-electron chi connectivity index (χ4n) is 4.74. The SMILES string of the molecule is N=NC(N)=NC(=O)c1ccc(CN(C(=O)Nc2nc3cc(F)c(C(F)(F)F)cc3s2)c2ccc(C3=CCCCC3)cc2)cc1. The zero-order chi connectivity index (χ0) is 31.4. The molecule has 9 nitrogen and oxygen atoms in total. The molecule has 0 fully saturated rings. The molecule has 1 aliphatic carbocycles. The van der Waals surface area contributed by atoms with E-state index in [1.807, 2.05) is 12.1 Å². The Morgan fingerprint density at radius 3 is 2.43 bits per heavy atom. The van der Waals surface area contributed by atoms with Gasteiger partial charge >= 0.3 is 12.2 Å². The molecule has 0 aliphatic heterocycles. The number of anilines is 2. The van der Waals surface area contributed by atoms with Gasteiger partial charge < -0.3 is 5.73 Å². The zero-order valence-corrected chi connectivity index (χ0v) is 23.8. The van der Waals surface area contributed by atoms with Gasteiger partial charge in [0.25, 0.3) is 5.91 Å². The third-order valence-corrected chi connectivity index (χ3v) is 7.89. The first kappa shape index (κ1) is 30.5. The number of allylic oxidation sites excluding steroid dienone is 2. The highest BCUT2D eigenvalue weighted by Gasteiger charge is 2.35. The summed E-state index contributed by atoms with van der Waals surface area (Å²) < 4.78 is 53.8. The molecule has 0 atom stereocenters. The number of halogens is 4. The van der Waals surface area contributed by atoms with E-state index < -0.39 is 35.5 Å². The van der Waals surface area contributed by atoms with E-state index in [-0.39, 0.29) is 27.5 Å². The molecule has 0 radical (unpaired) electrons. The van der Waals surface area contributed by atoms with Gasteiger partial charge in [-0.25, -0.2) is 19.7 Å². The number of alkyl halides is 3. The number of nitrogens with two attached hydrogens (primary N) is 1. The van der Waals surface area contributed by atoms with Crippen LogP contribution in [0.1, 0.15) is 52.7 Å². The topological polar surface area (TPSA) is 137 Å². The van der Waals surface area contributed by atoms with E-state index in [1.54, 1.807) is 24.3 Å². The van der Waals surface area contributed by atoms with Crippen molar-refractivity contribution in [1.29, 1.82) is 5.53 Å². The summed E-state index contributed by atoms with van der Waals surface area (Å²) in [6.45, 7) is 0.0492. The molecular formula is C30H25F4N7O2S. The quantitative estimate of drug-likeness (QED) is 0.0864. The largest absolute Gasteiger partial charge is 0.419 e. The molecule has 1 aliphatic rings. The summed E-state index contributed by atoms with van der Waals surface area (Å²) in [5.41, 5.74) is 14.4. The number of hydrogen-bond donors (Lipinski definition) is 3. The Labute approximate surface area is 252 Å². The van der Waals surface area contributed by atoms with Crippen LogP contribution in [0.15, 0.2) is 76.8 Å². The molecule has 4 aromatic rings. The number of carbonyl (C=O) groups is 2. The first-order valence-corrected chi connectivity index (χ1v) is 14.2. The van der Waals surface area contributed by atoms with Crippen LogP contribution in [0.25, 0.3) is 15.8 Å². The lowest BCUT2D eigenvalue weighted by Crippen LogP contribution is -2.34. The number of guanidine groups is 1. The molecule has 14 heteroatoms. The number of urea groups is 1. The Kier molecular flexibility index (Phi) is 8.81. The summed E-state index contributed by atoms with van der Waals surface area (Å²) >= 11 is 0.791. The molecule has 0 spiro atoms. The molecule has 5 rings (SSSR count). The molecule has 226 valence electrons. The van der Waals surface area contributed by atoms with Crippen molar-refractivity contribution >= 4 is 55.8 Å². The minimum Gasteiger partial charge on any atom is -0.366 e. The van der Waals surface area contributed by atoms with Crippen LogP contribution in [0, 0.1) is 11.3 Å². The van der Waals surface area contributed by atoms with E-state index in [2.05, 4.69) is 26.5 Å². The van der Waals surface area contributed by atoms with E-state index >= 15 is 0 Å². The Balaban J connectivity index is 1.43. The normalized spacial score (nSPS) is 13.8. The standard InChI is InChI=1S/C30H25F4N7O2S/c31-23-15-24-25(14-22(23)30(32,33)34)44-28(37-24)39-29(43)41(21-12-10-19(11-13-21)18-4-2-1-3-5-18)16-17-6-8-20(9-7-17)26(42)38-27(35)40-36/h4,6-15,36H,1-3,5,16H2,(H2,35,38,42)(H,37,39,43). The average molecular weight is 624 g/mol. The number of thiazole rings is 1. The van der Waals surface area contributed by atoms with Gasteiger partial charge in [-0.05, 0) is 72.7 Å². The van der Waals surface area contributed by atoms with Crippen molar-refractivity contribution in [1.82, 2.24) is 4.98 Å². The second-order valence-corrected chi connectivity index (χ2v) is 11.0. The van der Waals surface area contributed by atoms with Crippen LogP contribution in [0.3, 0.4) is 0 Å². The Morgan fingerprint density at radius 1 is 1.07 bits per heavy atom. The van der Waals surface area contributed by atoms with Crippen molar-refractivity contribution in [2.24, 2.45) is 15.8 Å². The van der Waals surface area contributed by atoms with Crippen LogP contribution in [0.2, 0.25) is 0 Å². The predicted molar refractivity (Wildman–Crippen MR) is 160 cm³/mol. The molecule has 44 heavy (non-hydrogen) atoms. The van der Waals surface area contributed by atoms with Gasteiger partial charge in [-0.2, -0.15) is 18.2 Å². The van der Waals surface area contributed by atoms with Crippen molar-refractivity contribution in [3.8, 4) is 0 Å². The third-order valence-electron chi connectivity index (χ3n) is 6.95. The highest BCUT2D eigenvalue weighted by Crippen LogP contribution is 2.37. The number of rotatable bonds is 6. The van der Waals surface area contributed by atoms with E-state index in [0.717, 1.165) is 42.6 Å². The number of amides is 3. The smallest absolute Gasteiger partial charge is 0.366 e. The molecule has 1 aromatic heterocycles. The molecule has 4 N–H and O–H groups in total. The molecule has 1 heterocycles. The van der Waals surface area contributed by atoms with Crippen LogP contribution >= 0.6 is 11.3 Å². The summed E-state index contributed by atoms with van der Waals surface area (Å²) in [5, 5.41) is 5.52. The predicted octanol–water partition coefficient (Wildman–Crippen LogP) is 8.14. The third kappa shape index (κ3) is 6.97. The highest BCUT2D eigenvalue weighted by molar-refractivity contribution is 7.22. The number of benzene rings is 3. The summed E-state index contributed by atoms with van der Waals surface area (Å²) in [5.74, 6) is -2.62. The first-order chi connectivity index (χ1) is 21.0.